The molecular weight excluding hydrogens is 350 g/mol. The van der Waals surface area contributed by atoms with Crippen LogP contribution in [0.15, 0.2) is 53.3 Å². The number of benzene rings is 1. The van der Waals surface area contributed by atoms with Crippen LogP contribution in [0, 0.1) is 0 Å². The third-order valence-corrected chi connectivity index (χ3v) is 5.02. The van der Waals surface area contributed by atoms with E-state index in [1.165, 1.54) is 0 Å². The second kappa shape index (κ2) is 7.48. The number of nitrogens with one attached hydrogen (secondary N) is 2. The molecule has 4 rings (SSSR count). The first-order valence-corrected chi connectivity index (χ1v) is 9.50. The van der Waals surface area contributed by atoms with Crippen molar-refractivity contribution in [3.63, 3.8) is 0 Å². The number of rotatable bonds is 6. The van der Waals surface area contributed by atoms with Crippen LogP contribution in [0.3, 0.4) is 0 Å². The lowest BCUT2D eigenvalue weighted by atomic mass is 10.1. The van der Waals surface area contributed by atoms with Crippen molar-refractivity contribution < 1.29 is 0 Å². The van der Waals surface area contributed by atoms with Crippen molar-refractivity contribution in [2.45, 2.75) is 6.42 Å². The van der Waals surface area contributed by atoms with E-state index in [9.17, 15) is 4.79 Å². The maximum absolute atomic E-state index is 12.5. The van der Waals surface area contributed by atoms with Gasteiger partial charge < -0.3 is 19.8 Å². The summed E-state index contributed by atoms with van der Waals surface area (Å²) in [5, 5.41) is 0. The molecule has 0 spiro atoms. The maximum Gasteiger partial charge on any atom is 0.260 e. The molecule has 0 radical (unpaired) electrons. The molecule has 0 fully saturated rings. The Morgan fingerprint density at radius 3 is 2.61 bits per heavy atom. The van der Waals surface area contributed by atoms with E-state index < -0.39 is 0 Å². The fourth-order valence-corrected chi connectivity index (χ4v) is 3.52. The van der Waals surface area contributed by atoms with Gasteiger partial charge in [-0.3, -0.25) is 4.79 Å². The molecule has 0 unspecified atom stereocenters. The highest BCUT2D eigenvalue weighted by atomic mass is 16.1. The first-order chi connectivity index (χ1) is 13.5. The number of hydrogen-bond donors (Lipinski definition) is 2. The van der Waals surface area contributed by atoms with Gasteiger partial charge in [0.25, 0.3) is 5.56 Å². The van der Waals surface area contributed by atoms with Crippen LogP contribution >= 0.6 is 0 Å². The minimum Gasteiger partial charge on any atom is -0.374 e. The fraction of sp³-hybridized carbons (Fsp3) is 0.273. The summed E-state index contributed by atoms with van der Waals surface area (Å²) in [6, 6.07) is 15.8. The number of nitrogens with zero attached hydrogens (tertiary/aromatic N) is 3. The van der Waals surface area contributed by atoms with E-state index in [0.717, 1.165) is 47.5 Å². The molecule has 1 aliphatic heterocycles. The molecule has 0 amide bonds. The maximum atomic E-state index is 12.5. The van der Waals surface area contributed by atoms with Crippen molar-refractivity contribution in [1.29, 1.82) is 0 Å². The van der Waals surface area contributed by atoms with Gasteiger partial charge >= 0.3 is 0 Å². The number of H-pyrrole nitrogens is 2. The van der Waals surface area contributed by atoms with E-state index in [1.807, 2.05) is 36.4 Å². The number of imidazole rings is 1. The van der Waals surface area contributed by atoms with Gasteiger partial charge in [-0.2, -0.15) is 0 Å². The minimum atomic E-state index is -0.124. The van der Waals surface area contributed by atoms with Crippen LogP contribution in [0.2, 0.25) is 0 Å². The molecule has 6 heteroatoms. The Labute approximate surface area is 164 Å². The van der Waals surface area contributed by atoms with Gasteiger partial charge in [-0.15, -0.1) is 0 Å². The highest BCUT2D eigenvalue weighted by Gasteiger charge is 2.18. The zero-order chi connectivity index (χ0) is 19.7. The Morgan fingerprint density at radius 2 is 1.79 bits per heavy atom. The molecule has 28 heavy (non-hydrogen) atoms. The lowest BCUT2D eigenvalue weighted by Crippen LogP contribution is -2.23. The van der Waals surface area contributed by atoms with Crippen LogP contribution in [0.1, 0.15) is 6.42 Å². The number of anilines is 1. The van der Waals surface area contributed by atoms with Crippen LogP contribution in [0.5, 0.6) is 0 Å². The van der Waals surface area contributed by atoms with Crippen molar-refractivity contribution in [1.82, 2.24) is 19.9 Å². The molecule has 1 aromatic heterocycles. The number of fused-ring (bicyclic) bond motifs is 2. The molecular formula is C22H25N5O. The second-order valence-corrected chi connectivity index (χ2v) is 7.43. The van der Waals surface area contributed by atoms with E-state index in [0.29, 0.717) is 11.4 Å². The SMILES string of the molecule is CN(C)CCCN(C)c1ccc2nc(-c3c4cccccc-4[nH]c3=O)[nH]c2c1. The first kappa shape index (κ1) is 18.3. The van der Waals surface area contributed by atoms with Crippen molar-refractivity contribution in [3.05, 3.63) is 58.9 Å². The van der Waals surface area contributed by atoms with Crippen LogP contribution in [0.4, 0.5) is 5.69 Å². The highest BCUT2D eigenvalue weighted by Crippen LogP contribution is 2.30. The van der Waals surface area contributed by atoms with Gasteiger partial charge in [0.2, 0.25) is 0 Å². The average molecular weight is 375 g/mol. The van der Waals surface area contributed by atoms with Crippen LogP contribution in [0.25, 0.3) is 33.7 Å². The lowest BCUT2D eigenvalue weighted by molar-refractivity contribution is 0.401. The summed E-state index contributed by atoms with van der Waals surface area (Å²) in [6.45, 7) is 2.04. The van der Waals surface area contributed by atoms with Crippen LogP contribution in [-0.2, 0) is 0 Å². The Hall–Kier alpha value is -3.12. The zero-order valence-electron chi connectivity index (χ0n) is 16.5. The standard InChI is InChI=1S/C22H25N5O/c1-26(2)12-7-13-27(3)15-10-11-18-19(14-15)24-21(23-18)20-16-8-5-4-6-9-17(16)25-22(20)28/h4-6,8-11,14H,7,12-13H2,1-3H3,(H,23,24)(H,25,28). The lowest BCUT2D eigenvalue weighted by Gasteiger charge is -2.20. The minimum absolute atomic E-state index is 0.124. The van der Waals surface area contributed by atoms with Crippen LogP contribution < -0.4 is 10.5 Å². The van der Waals surface area contributed by atoms with Crippen molar-refractivity contribution in [2.75, 3.05) is 39.1 Å². The zero-order valence-corrected chi connectivity index (χ0v) is 16.5. The van der Waals surface area contributed by atoms with Gasteiger partial charge in [0.05, 0.1) is 16.6 Å². The van der Waals surface area contributed by atoms with Gasteiger partial charge in [-0.25, -0.2) is 4.98 Å². The predicted octanol–water partition coefficient (Wildman–Crippen LogP) is 3.41. The predicted molar refractivity (Wildman–Crippen MR) is 115 cm³/mol. The largest absolute Gasteiger partial charge is 0.374 e. The molecule has 0 atom stereocenters. The molecule has 2 aliphatic rings. The normalized spacial score (nSPS) is 11.6. The van der Waals surface area contributed by atoms with Gasteiger partial charge in [0.1, 0.15) is 5.82 Å². The third-order valence-electron chi connectivity index (χ3n) is 5.02. The van der Waals surface area contributed by atoms with Crippen LogP contribution in [-0.4, -0.2) is 54.1 Å². The van der Waals surface area contributed by atoms with E-state index in [2.05, 4.69) is 58.0 Å². The van der Waals surface area contributed by atoms with E-state index in [1.54, 1.807) is 0 Å². The van der Waals surface area contributed by atoms with E-state index >= 15 is 0 Å². The molecule has 2 heterocycles. The average Bonchev–Trinajstić information content (AvgIpc) is 3.12. The molecule has 1 aromatic carbocycles. The third kappa shape index (κ3) is 3.51. The second-order valence-electron chi connectivity index (χ2n) is 7.43. The first-order valence-electron chi connectivity index (χ1n) is 9.50. The summed E-state index contributed by atoms with van der Waals surface area (Å²) in [6.07, 6.45) is 1.10. The van der Waals surface area contributed by atoms with Gasteiger partial charge in [-0.1, -0.05) is 24.3 Å². The van der Waals surface area contributed by atoms with Gasteiger partial charge in [-0.05, 0) is 51.3 Å². The summed E-state index contributed by atoms with van der Waals surface area (Å²) in [7, 11) is 6.28. The Bertz CT molecular complexity index is 1130. The number of aromatic amines is 2. The molecule has 144 valence electrons. The monoisotopic (exact) mass is 375 g/mol. The summed E-state index contributed by atoms with van der Waals surface area (Å²) in [5.74, 6) is 0.602. The molecule has 0 bridgehead atoms. The topological polar surface area (TPSA) is 68.0 Å². The quantitative estimate of drug-likeness (QED) is 0.542. The fourth-order valence-electron chi connectivity index (χ4n) is 3.52. The molecule has 2 aromatic rings. The molecule has 1 aliphatic carbocycles. The van der Waals surface area contributed by atoms with Crippen molar-refractivity contribution in [2.24, 2.45) is 0 Å². The smallest absolute Gasteiger partial charge is 0.260 e. The number of aromatic nitrogens is 3. The van der Waals surface area contributed by atoms with Gasteiger partial charge in [0, 0.05) is 30.5 Å². The summed E-state index contributed by atoms with van der Waals surface area (Å²) in [4.78, 5) is 27.9. The highest BCUT2D eigenvalue weighted by molar-refractivity contribution is 5.87. The molecule has 6 nitrogen and oxygen atoms in total. The Morgan fingerprint density at radius 1 is 0.964 bits per heavy atom. The summed E-state index contributed by atoms with van der Waals surface area (Å²) < 4.78 is 0. The Balaban J connectivity index is 1.67. The van der Waals surface area contributed by atoms with E-state index in [-0.39, 0.29) is 5.56 Å². The van der Waals surface area contributed by atoms with Crippen molar-refractivity contribution >= 4 is 16.7 Å². The molecule has 0 saturated heterocycles. The molecule has 2 N–H and O–H groups in total. The summed E-state index contributed by atoms with van der Waals surface area (Å²) in [5.41, 5.74) is 5.07. The van der Waals surface area contributed by atoms with Gasteiger partial charge in [0.15, 0.2) is 0 Å². The molecule has 0 saturated carbocycles. The Kier molecular flexibility index (Phi) is 4.88. The number of hydrogen-bond acceptors (Lipinski definition) is 4. The summed E-state index contributed by atoms with van der Waals surface area (Å²) >= 11 is 0. The van der Waals surface area contributed by atoms with E-state index in [4.69, 9.17) is 0 Å². The van der Waals surface area contributed by atoms with Crippen molar-refractivity contribution in [3.8, 4) is 22.6 Å².